The van der Waals surface area contributed by atoms with Crippen molar-refractivity contribution in [3.05, 3.63) is 63.5 Å². The van der Waals surface area contributed by atoms with Gasteiger partial charge in [0.25, 0.3) is 11.7 Å². The molecule has 1 saturated heterocycles. The fourth-order valence-electron chi connectivity index (χ4n) is 5.17. The van der Waals surface area contributed by atoms with Crippen LogP contribution in [0, 0.1) is 13.8 Å². The first kappa shape index (κ1) is 29.2. The van der Waals surface area contributed by atoms with Crippen LogP contribution >= 0.6 is 0 Å². The summed E-state index contributed by atoms with van der Waals surface area (Å²) in [5.74, 6) is -2.22. The van der Waals surface area contributed by atoms with Crippen LogP contribution in [0.2, 0.25) is 0 Å². The van der Waals surface area contributed by atoms with Crippen LogP contribution in [0.15, 0.2) is 29.8 Å². The van der Waals surface area contributed by atoms with E-state index in [1.54, 1.807) is 18.7 Å². The number of esters is 1. The van der Waals surface area contributed by atoms with E-state index in [4.69, 9.17) is 4.74 Å². The summed E-state index contributed by atoms with van der Waals surface area (Å²) in [4.78, 5) is 45.8. The fourth-order valence-corrected chi connectivity index (χ4v) is 5.17. The van der Waals surface area contributed by atoms with Gasteiger partial charge in [-0.1, -0.05) is 58.9 Å². The van der Waals surface area contributed by atoms with E-state index < -0.39 is 23.7 Å². The number of amides is 1. The highest BCUT2D eigenvalue weighted by molar-refractivity contribution is 6.46. The number of hydrogen-bond donors (Lipinski definition) is 2. The maximum atomic E-state index is 13.4. The molecule has 2 heterocycles. The zero-order valence-electron chi connectivity index (χ0n) is 23.9. The number of rotatable bonds is 9. The number of aliphatic hydroxyl groups excluding tert-OH is 1. The molecule has 3 rings (SSSR count). The Morgan fingerprint density at radius 1 is 1.11 bits per heavy atom. The van der Waals surface area contributed by atoms with Crippen LogP contribution in [-0.4, -0.2) is 70.8 Å². The molecule has 8 heteroatoms. The van der Waals surface area contributed by atoms with Gasteiger partial charge in [-0.25, -0.2) is 4.79 Å². The molecule has 1 aromatic heterocycles. The summed E-state index contributed by atoms with van der Waals surface area (Å²) in [5, 5.41) is 11.6. The summed E-state index contributed by atoms with van der Waals surface area (Å²) in [6.07, 6.45) is 0.694. The number of methoxy groups -OCH3 is 1. The number of aliphatic hydroxyl groups is 1. The van der Waals surface area contributed by atoms with Gasteiger partial charge in [0.05, 0.1) is 18.7 Å². The van der Waals surface area contributed by atoms with Crippen molar-refractivity contribution in [1.29, 1.82) is 0 Å². The minimum absolute atomic E-state index is 0.0305. The van der Waals surface area contributed by atoms with Gasteiger partial charge in [0, 0.05) is 17.8 Å². The second kappa shape index (κ2) is 11.6. The lowest BCUT2D eigenvalue weighted by atomic mass is 9.85. The number of nitrogens with one attached hydrogen (secondary N) is 1. The van der Waals surface area contributed by atoms with Crippen molar-refractivity contribution in [2.45, 2.75) is 66.3 Å². The topological polar surface area (TPSA) is 103 Å². The summed E-state index contributed by atoms with van der Waals surface area (Å²) >= 11 is 0. The van der Waals surface area contributed by atoms with E-state index in [1.165, 1.54) is 7.11 Å². The summed E-state index contributed by atoms with van der Waals surface area (Å²) in [7, 11) is 1.28. The monoisotopic (exact) mass is 523 g/mol. The number of aryl methyl sites for hydroxylation is 1. The molecule has 206 valence electrons. The van der Waals surface area contributed by atoms with Crippen LogP contribution in [0.25, 0.3) is 5.76 Å². The molecule has 1 atom stereocenters. The zero-order chi connectivity index (χ0) is 28.4. The molecule has 1 aliphatic heterocycles. The second-order valence-corrected chi connectivity index (χ2v) is 10.9. The Morgan fingerprint density at radius 2 is 1.71 bits per heavy atom. The van der Waals surface area contributed by atoms with Crippen molar-refractivity contribution in [3.8, 4) is 0 Å². The highest BCUT2D eigenvalue weighted by atomic mass is 16.5. The van der Waals surface area contributed by atoms with Gasteiger partial charge in [-0.3, -0.25) is 9.59 Å². The quantitative estimate of drug-likeness (QED) is 0.210. The third kappa shape index (κ3) is 5.55. The smallest absolute Gasteiger partial charge is 0.354 e. The van der Waals surface area contributed by atoms with Gasteiger partial charge in [0.2, 0.25) is 0 Å². The van der Waals surface area contributed by atoms with E-state index in [1.807, 2.05) is 24.3 Å². The minimum Gasteiger partial charge on any atom is -0.507 e. The van der Waals surface area contributed by atoms with E-state index >= 15 is 0 Å². The first-order chi connectivity index (χ1) is 17.9. The van der Waals surface area contributed by atoms with Gasteiger partial charge < -0.3 is 24.6 Å². The Balaban J connectivity index is 2.14. The summed E-state index contributed by atoms with van der Waals surface area (Å²) in [5.41, 5.74) is 3.35. The molecule has 0 saturated carbocycles. The van der Waals surface area contributed by atoms with E-state index in [0.29, 0.717) is 29.8 Å². The van der Waals surface area contributed by atoms with Gasteiger partial charge in [0.1, 0.15) is 11.5 Å². The van der Waals surface area contributed by atoms with Gasteiger partial charge in [0.15, 0.2) is 0 Å². The number of carbonyl (C=O) groups is 3. The lowest BCUT2D eigenvalue weighted by Gasteiger charge is -2.27. The van der Waals surface area contributed by atoms with Crippen molar-refractivity contribution in [3.63, 3.8) is 0 Å². The molecule has 1 aliphatic rings. The molecule has 0 aliphatic carbocycles. The van der Waals surface area contributed by atoms with Crippen LogP contribution in [0.5, 0.6) is 0 Å². The van der Waals surface area contributed by atoms with Crippen molar-refractivity contribution in [1.82, 2.24) is 14.8 Å². The molecular formula is C30H41N3O5. The molecular weight excluding hydrogens is 482 g/mol. The SMILES string of the molecule is CCN(CC)CCCN1C(=O)C(=O)C(=C(O)c2c(C)[nH]c(C(=O)OC)c2C)[C@H]1c1ccc(C(C)(C)C)cc1. The number of aromatic amines is 1. The molecule has 1 fully saturated rings. The molecule has 0 unspecified atom stereocenters. The van der Waals surface area contributed by atoms with Crippen LogP contribution in [0.3, 0.4) is 0 Å². The van der Waals surface area contributed by atoms with E-state index in [0.717, 1.165) is 30.8 Å². The normalized spacial score (nSPS) is 17.5. The number of ether oxygens (including phenoxy) is 1. The first-order valence-electron chi connectivity index (χ1n) is 13.3. The van der Waals surface area contributed by atoms with Gasteiger partial charge >= 0.3 is 5.97 Å². The Labute approximate surface area is 225 Å². The Bertz CT molecular complexity index is 1230. The summed E-state index contributed by atoms with van der Waals surface area (Å²) in [6, 6.07) is 7.13. The highest BCUT2D eigenvalue weighted by Gasteiger charge is 2.46. The molecule has 2 aromatic rings. The number of nitrogens with zero attached hydrogens (tertiary/aromatic N) is 2. The van der Waals surface area contributed by atoms with Crippen LogP contribution in [0.4, 0.5) is 0 Å². The average molecular weight is 524 g/mol. The molecule has 38 heavy (non-hydrogen) atoms. The third-order valence-corrected chi connectivity index (χ3v) is 7.46. The third-order valence-electron chi connectivity index (χ3n) is 7.46. The largest absolute Gasteiger partial charge is 0.507 e. The number of ketones is 1. The second-order valence-electron chi connectivity index (χ2n) is 10.9. The van der Waals surface area contributed by atoms with Crippen LogP contribution < -0.4 is 0 Å². The summed E-state index contributed by atoms with van der Waals surface area (Å²) in [6.45, 7) is 16.9. The number of H-pyrrole nitrogens is 1. The number of Topliss-reactive ketones (excluding diaryl/α,β-unsaturated/α-hetero) is 1. The number of benzene rings is 1. The highest BCUT2D eigenvalue weighted by Crippen LogP contribution is 2.41. The van der Waals surface area contributed by atoms with Gasteiger partial charge in [-0.2, -0.15) is 0 Å². The van der Waals surface area contributed by atoms with Crippen LogP contribution in [-0.2, 0) is 19.7 Å². The fraction of sp³-hybridized carbons (Fsp3) is 0.500. The lowest BCUT2D eigenvalue weighted by molar-refractivity contribution is -0.140. The predicted molar refractivity (Wildman–Crippen MR) is 148 cm³/mol. The standard InChI is InChI=1S/C30H41N3O5/c1-9-32(10-2)16-11-17-33-25(20-12-14-21(15-13-20)30(5,6)7)23(27(35)28(33)36)26(34)22-18(3)24(29(37)38-8)31-19(22)4/h12-15,25,31,34H,9-11,16-17H2,1-8H3/t25-/m1/s1. The Morgan fingerprint density at radius 3 is 2.24 bits per heavy atom. The van der Waals surface area contributed by atoms with Crippen molar-refractivity contribution in [2.75, 3.05) is 33.3 Å². The van der Waals surface area contributed by atoms with Gasteiger partial charge in [-0.15, -0.1) is 0 Å². The predicted octanol–water partition coefficient (Wildman–Crippen LogP) is 4.87. The van der Waals surface area contributed by atoms with Crippen molar-refractivity contribution < 1.29 is 24.2 Å². The molecule has 1 aromatic carbocycles. The molecule has 0 bridgehead atoms. The van der Waals surface area contributed by atoms with Gasteiger partial charge in [-0.05, 0) is 62.0 Å². The minimum atomic E-state index is -0.740. The van der Waals surface area contributed by atoms with Crippen LogP contribution in [0.1, 0.15) is 85.5 Å². The molecule has 1 amide bonds. The van der Waals surface area contributed by atoms with E-state index in [-0.39, 0.29) is 22.4 Å². The molecule has 8 nitrogen and oxygen atoms in total. The zero-order valence-corrected chi connectivity index (χ0v) is 23.9. The number of likely N-dealkylation sites (tertiary alicyclic amines) is 1. The lowest BCUT2D eigenvalue weighted by Crippen LogP contribution is -2.33. The number of aromatic nitrogens is 1. The molecule has 2 N–H and O–H groups in total. The average Bonchev–Trinajstić information content (AvgIpc) is 3.32. The first-order valence-corrected chi connectivity index (χ1v) is 13.3. The summed E-state index contributed by atoms with van der Waals surface area (Å²) < 4.78 is 4.86. The number of hydrogen-bond acceptors (Lipinski definition) is 6. The van der Waals surface area contributed by atoms with Crippen molar-refractivity contribution in [2.24, 2.45) is 0 Å². The Hall–Kier alpha value is -3.39. The number of carbonyl (C=O) groups excluding carboxylic acids is 3. The maximum absolute atomic E-state index is 13.4. The maximum Gasteiger partial charge on any atom is 0.354 e. The van der Waals surface area contributed by atoms with E-state index in [2.05, 4.69) is 44.5 Å². The molecule has 0 spiro atoms. The van der Waals surface area contributed by atoms with E-state index in [9.17, 15) is 19.5 Å². The Kier molecular flexibility index (Phi) is 8.87. The van der Waals surface area contributed by atoms with Crippen molar-refractivity contribution >= 4 is 23.4 Å². The molecule has 0 radical (unpaired) electrons.